The van der Waals surface area contributed by atoms with Crippen molar-refractivity contribution < 1.29 is 18.0 Å². The number of nitrogens with zero attached hydrogens (tertiary/aromatic N) is 1. The summed E-state index contributed by atoms with van der Waals surface area (Å²) in [5, 5.41) is 3.70. The molecule has 1 fully saturated rings. The highest BCUT2D eigenvalue weighted by Crippen LogP contribution is 2.51. The molecule has 7 heteroatoms. The number of thiazole rings is 1. The van der Waals surface area contributed by atoms with Crippen molar-refractivity contribution in [2.24, 2.45) is 5.92 Å². The van der Waals surface area contributed by atoms with Gasteiger partial charge in [0.15, 0.2) is 0 Å². The molecule has 2 aromatic rings. The van der Waals surface area contributed by atoms with Gasteiger partial charge in [0.05, 0.1) is 17.1 Å². The smallest absolute Gasteiger partial charge is 0.351 e. The average Bonchev–Trinajstić information content (AvgIpc) is 3.20. The van der Waals surface area contributed by atoms with Gasteiger partial charge in [0.1, 0.15) is 0 Å². The molecule has 0 spiro atoms. The Hall–Kier alpha value is -1.89. The van der Waals surface area contributed by atoms with Crippen LogP contribution in [0.1, 0.15) is 33.4 Å². The lowest BCUT2D eigenvalue weighted by molar-refractivity contribution is -0.138. The molecule has 2 unspecified atom stereocenters. The summed E-state index contributed by atoms with van der Waals surface area (Å²) in [6.45, 7) is 2.25. The van der Waals surface area contributed by atoms with Gasteiger partial charge in [-0.05, 0) is 30.9 Å². The third-order valence-electron chi connectivity index (χ3n) is 3.90. The van der Waals surface area contributed by atoms with Gasteiger partial charge in [0.2, 0.25) is 5.91 Å². The van der Waals surface area contributed by atoms with Gasteiger partial charge >= 0.3 is 6.18 Å². The van der Waals surface area contributed by atoms with E-state index < -0.39 is 11.7 Å². The maximum absolute atomic E-state index is 13.0. The zero-order valence-corrected chi connectivity index (χ0v) is 13.2. The Bertz CT molecular complexity index is 726. The van der Waals surface area contributed by atoms with Crippen LogP contribution in [-0.2, 0) is 17.5 Å². The van der Waals surface area contributed by atoms with Crippen molar-refractivity contribution in [1.82, 2.24) is 10.3 Å². The predicted molar refractivity (Wildman–Crippen MR) is 81.0 cm³/mol. The number of rotatable bonds is 4. The zero-order chi connectivity index (χ0) is 16.6. The molecule has 1 saturated carbocycles. The number of nitrogens with one attached hydrogen (secondary N) is 1. The second-order valence-corrected chi connectivity index (χ2v) is 6.92. The van der Waals surface area contributed by atoms with Crippen LogP contribution in [0.3, 0.4) is 0 Å². The van der Waals surface area contributed by atoms with Crippen molar-refractivity contribution in [3.63, 3.8) is 0 Å². The number of carbonyl (C=O) groups is 1. The topological polar surface area (TPSA) is 42.0 Å². The van der Waals surface area contributed by atoms with Crippen molar-refractivity contribution >= 4 is 17.2 Å². The van der Waals surface area contributed by atoms with Crippen LogP contribution in [0.4, 0.5) is 13.2 Å². The van der Waals surface area contributed by atoms with E-state index in [1.807, 2.05) is 6.92 Å². The van der Waals surface area contributed by atoms with E-state index in [0.29, 0.717) is 13.0 Å². The number of halogens is 3. The van der Waals surface area contributed by atoms with Crippen LogP contribution in [0.15, 0.2) is 30.5 Å². The zero-order valence-electron chi connectivity index (χ0n) is 12.4. The van der Waals surface area contributed by atoms with Crippen molar-refractivity contribution in [3.05, 3.63) is 51.5 Å². The first-order valence-corrected chi connectivity index (χ1v) is 8.03. The molecule has 0 aliphatic heterocycles. The summed E-state index contributed by atoms with van der Waals surface area (Å²) in [6, 6.07) is 5.49. The summed E-state index contributed by atoms with van der Waals surface area (Å²) in [5.41, 5.74) is -0.424. The highest BCUT2D eigenvalue weighted by Gasteiger charge is 2.47. The largest absolute Gasteiger partial charge is 0.416 e. The van der Waals surface area contributed by atoms with Gasteiger partial charge in [-0.15, -0.1) is 11.3 Å². The number of amides is 1. The van der Waals surface area contributed by atoms with E-state index in [0.717, 1.165) is 16.0 Å². The van der Waals surface area contributed by atoms with E-state index in [1.165, 1.54) is 23.5 Å². The Morgan fingerprint density at radius 1 is 1.39 bits per heavy atom. The van der Waals surface area contributed by atoms with Crippen LogP contribution < -0.4 is 5.32 Å². The van der Waals surface area contributed by atoms with Crippen molar-refractivity contribution in [3.8, 4) is 0 Å². The minimum Gasteiger partial charge on any atom is -0.351 e. The summed E-state index contributed by atoms with van der Waals surface area (Å²) in [6.07, 6.45) is -2.23. The van der Waals surface area contributed by atoms with Crippen LogP contribution in [0.5, 0.6) is 0 Å². The molecule has 1 aliphatic carbocycles. The summed E-state index contributed by atoms with van der Waals surface area (Å²) in [7, 11) is 0. The monoisotopic (exact) mass is 340 g/mol. The third-order valence-corrected chi connectivity index (χ3v) is 4.81. The average molecular weight is 340 g/mol. The Balaban J connectivity index is 1.64. The first-order chi connectivity index (χ1) is 10.9. The molecular formula is C16H15F3N2OS. The van der Waals surface area contributed by atoms with Crippen molar-refractivity contribution in [1.29, 1.82) is 0 Å². The summed E-state index contributed by atoms with van der Waals surface area (Å²) < 4.78 is 39.1. The van der Waals surface area contributed by atoms with E-state index in [4.69, 9.17) is 0 Å². The van der Waals surface area contributed by atoms with E-state index >= 15 is 0 Å². The number of carbonyl (C=O) groups excluding carboxylic acids is 1. The maximum atomic E-state index is 13.0. The fraction of sp³-hybridized carbons (Fsp3) is 0.375. The molecule has 1 aliphatic rings. The van der Waals surface area contributed by atoms with Crippen molar-refractivity contribution in [2.75, 3.05) is 0 Å². The first kappa shape index (κ1) is 16.0. The van der Waals surface area contributed by atoms with Gasteiger partial charge in [-0.3, -0.25) is 4.79 Å². The highest BCUT2D eigenvalue weighted by atomic mass is 32.1. The molecule has 1 aromatic carbocycles. The number of hydrogen-bond acceptors (Lipinski definition) is 3. The Labute approximate surface area is 135 Å². The Kier molecular flexibility index (Phi) is 4.14. The van der Waals surface area contributed by atoms with Crippen molar-refractivity contribution in [2.45, 2.75) is 32.0 Å². The molecule has 1 amide bonds. The number of alkyl halides is 3. The number of aromatic nitrogens is 1. The third kappa shape index (κ3) is 3.55. The minimum atomic E-state index is -4.39. The maximum Gasteiger partial charge on any atom is 0.416 e. The predicted octanol–water partition coefficient (Wildman–Crippen LogP) is 3.89. The second-order valence-electron chi connectivity index (χ2n) is 5.60. The Morgan fingerprint density at radius 3 is 2.78 bits per heavy atom. The summed E-state index contributed by atoms with van der Waals surface area (Å²) in [5.74, 6) is -0.929. The summed E-state index contributed by atoms with van der Waals surface area (Å²) >= 11 is 1.49. The lowest BCUT2D eigenvalue weighted by Crippen LogP contribution is -2.24. The van der Waals surface area contributed by atoms with E-state index in [-0.39, 0.29) is 23.3 Å². The fourth-order valence-corrected chi connectivity index (χ4v) is 3.43. The van der Waals surface area contributed by atoms with Crippen LogP contribution in [0, 0.1) is 12.8 Å². The lowest BCUT2D eigenvalue weighted by atomic mass is 10.0. The van der Waals surface area contributed by atoms with Crippen LogP contribution in [0.25, 0.3) is 0 Å². The normalized spacial score (nSPS) is 20.3. The molecule has 0 bridgehead atoms. The van der Waals surface area contributed by atoms with E-state index in [1.54, 1.807) is 12.3 Å². The highest BCUT2D eigenvalue weighted by molar-refractivity contribution is 7.11. The van der Waals surface area contributed by atoms with Gasteiger partial charge < -0.3 is 5.32 Å². The molecule has 0 saturated heterocycles. The van der Waals surface area contributed by atoms with Crippen LogP contribution >= 0.6 is 11.3 Å². The molecule has 0 radical (unpaired) electrons. The number of benzene rings is 1. The standard InChI is InChI=1S/C16H15F3N2OS/c1-9-20-7-10(23-9)8-21-15(22)13-6-12(13)11-4-2-3-5-14(11)16(17,18)19/h2-5,7,12-13H,6,8H2,1H3,(H,21,22). The fourth-order valence-electron chi connectivity index (χ4n) is 2.70. The van der Waals surface area contributed by atoms with Crippen LogP contribution in [-0.4, -0.2) is 10.9 Å². The molecule has 122 valence electrons. The molecule has 3 nitrogen and oxygen atoms in total. The second kappa shape index (κ2) is 5.96. The van der Waals surface area contributed by atoms with E-state index in [2.05, 4.69) is 10.3 Å². The minimum absolute atomic E-state index is 0.196. The SMILES string of the molecule is Cc1ncc(CNC(=O)C2CC2c2ccccc2C(F)(F)F)s1. The van der Waals surface area contributed by atoms with Gasteiger partial charge in [0, 0.05) is 17.0 Å². The Morgan fingerprint density at radius 2 is 2.13 bits per heavy atom. The number of aryl methyl sites for hydroxylation is 1. The van der Waals surface area contributed by atoms with E-state index in [9.17, 15) is 18.0 Å². The van der Waals surface area contributed by atoms with Gasteiger partial charge in [-0.25, -0.2) is 4.98 Å². The van der Waals surface area contributed by atoms with Gasteiger partial charge in [-0.1, -0.05) is 18.2 Å². The molecule has 1 heterocycles. The first-order valence-electron chi connectivity index (χ1n) is 7.21. The van der Waals surface area contributed by atoms with Gasteiger partial charge in [-0.2, -0.15) is 13.2 Å². The molecular weight excluding hydrogens is 325 g/mol. The molecule has 1 aromatic heterocycles. The van der Waals surface area contributed by atoms with Crippen LogP contribution in [0.2, 0.25) is 0 Å². The van der Waals surface area contributed by atoms with Gasteiger partial charge in [0.25, 0.3) is 0 Å². The molecule has 1 N–H and O–H groups in total. The molecule has 3 rings (SSSR count). The summed E-state index contributed by atoms with van der Waals surface area (Å²) in [4.78, 5) is 17.2. The lowest BCUT2D eigenvalue weighted by Gasteiger charge is -2.12. The quantitative estimate of drug-likeness (QED) is 0.917. The molecule has 2 atom stereocenters. The molecule has 23 heavy (non-hydrogen) atoms. The number of hydrogen-bond donors (Lipinski definition) is 1.